The van der Waals surface area contributed by atoms with Crippen molar-refractivity contribution in [3.05, 3.63) is 39.1 Å². The quantitative estimate of drug-likeness (QED) is 0.387. The third kappa shape index (κ3) is 2.85. The van der Waals surface area contributed by atoms with E-state index in [-0.39, 0.29) is 40.2 Å². The number of H-pyrrole nitrogens is 1. The Balaban J connectivity index is 2.92. The highest BCUT2D eigenvalue weighted by molar-refractivity contribution is 6.18. The van der Waals surface area contributed by atoms with E-state index in [1.54, 1.807) is 0 Å². The van der Waals surface area contributed by atoms with E-state index < -0.39 is 16.9 Å². The molecule has 0 aliphatic carbocycles. The zero-order chi connectivity index (χ0) is 17.1. The summed E-state index contributed by atoms with van der Waals surface area (Å²) in [6, 6.07) is 2.72. The number of halogens is 1. The first-order chi connectivity index (χ1) is 11.0. The summed E-state index contributed by atoms with van der Waals surface area (Å²) in [5.41, 5.74) is 0.244. The maximum atomic E-state index is 12.1. The maximum Gasteiger partial charge on any atom is 0.355 e. The number of esters is 2. The highest BCUT2D eigenvalue weighted by Gasteiger charge is 2.29. The molecule has 8 nitrogen and oxygen atoms in total. The van der Waals surface area contributed by atoms with E-state index in [2.05, 4.69) is 9.72 Å². The van der Waals surface area contributed by atoms with Crippen molar-refractivity contribution in [2.45, 2.75) is 6.42 Å². The van der Waals surface area contributed by atoms with Crippen LogP contribution in [0.5, 0.6) is 0 Å². The van der Waals surface area contributed by atoms with Crippen LogP contribution in [0.3, 0.4) is 0 Å². The fraction of sp³-hybridized carbons (Fsp3) is 0.286. The molecule has 0 saturated carbocycles. The number of nitro benzene ring substituents is 1. The number of ether oxygens (including phenoxy) is 2. The number of carbonyl (C=O) groups excluding carboxylic acids is 2. The number of alkyl halides is 1. The van der Waals surface area contributed by atoms with Crippen molar-refractivity contribution in [1.82, 2.24) is 4.98 Å². The lowest BCUT2D eigenvalue weighted by molar-refractivity contribution is -0.385. The van der Waals surface area contributed by atoms with E-state index in [9.17, 15) is 19.7 Å². The van der Waals surface area contributed by atoms with E-state index >= 15 is 0 Å². The van der Waals surface area contributed by atoms with Crippen molar-refractivity contribution in [2.75, 3.05) is 20.1 Å². The number of aromatic nitrogens is 1. The van der Waals surface area contributed by atoms with Crippen molar-refractivity contribution in [3.63, 3.8) is 0 Å². The van der Waals surface area contributed by atoms with Gasteiger partial charge in [0, 0.05) is 28.4 Å². The monoisotopic (exact) mass is 340 g/mol. The van der Waals surface area contributed by atoms with Gasteiger partial charge in [-0.25, -0.2) is 9.59 Å². The molecule has 0 atom stereocenters. The van der Waals surface area contributed by atoms with Crippen LogP contribution in [0.2, 0.25) is 0 Å². The van der Waals surface area contributed by atoms with Gasteiger partial charge in [0.05, 0.1) is 19.1 Å². The van der Waals surface area contributed by atoms with Gasteiger partial charge in [-0.3, -0.25) is 10.1 Å². The van der Waals surface area contributed by atoms with Gasteiger partial charge in [0.1, 0.15) is 11.3 Å². The molecular weight excluding hydrogens is 328 g/mol. The molecule has 9 heteroatoms. The van der Waals surface area contributed by atoms with Crippen LogP contribution in [0.4, 0.5) is 5.69 Å². The topological polar surface area (TPSA) is 112 Å². The number of rotatable bonds is 5. The van der Waals surface area contributed by atoms with Gasteiger partial charge in [-0.2, -0.15) is 0 Å². The first-order valence-corrected chi connectivity index (χ1v) is 7.04. The van der Waals surface area contributed by atoms with Crippen LogP contribution in [-0.2, 0) is 15.9 Å². The highest BCUT2D eigenvalue weighted by Crippen LogP contribution is 2.33. The number of nitrogens with zero attached hydrogens (tertiary/aromatic N) is 1. The van der Waals surface area contributed by atoms with Gasteiger partial charge in [0.25, 0.3) is 5.69 Å². The van der Waals surface area contributed by atoms with E-state index in [0.29, 0.717) is 5.52 Å². The van der Waals surface area contributed by atoms with Gasteiger partial charge >= 0.3 is 11.9 Å². The van der Waals surface area contributed by atoms with Crippen LogP contribution in [0.25, 0.3) is 10.9 Å². The fourth-order valence-electron chi connectivity index (χ4n) is 2.43. The molecule has 1 N–H and O–H groups in total. The van der Waals surface area contributed by atoms with Crippen molar-refractivity contribution in [1.29, 1.82) is 0 Å². The molecule has 2 aromatic rings. The third-order valence-corrected chi connectivity index (χ3v) is 3.56. The first-order valence-electron chi connectivity index (χ1n) is 6.50. The number of hydrogen-bond acceptors (Lipinski definition) is 6. The van der Waals surface area contributed by atoms with E-state index in [1.165, 1.54) is 12.1 Å². The number of nitro groups is 1. The number of aryl methyl sites for hydroxylation is 1. The van der Waals surface area contributed by atoms with Crippen molar-refractivity contribution in [2.24, 2.45) is 0 Å². The smallest absolute Gasteiger partial charge is 0.355 e. The summed E-state index contributed by atoms with van der Waals surface area (Å²) in [6.45, 7) is 0. The summed E-state index contributed by atoms with van der Waals surface area (Å²) < 4.78 is 9.34. The van der Waals surface area contributed by atoms with Crippen molar-refractivity contribution < 1.29 is 24.0 Å². The number of fused-ring (bicyclic) bond motifs is 1. The molecule has 0 radical (unpaired) electrons. The molecule has 122 valence electrons. The van der Waals surface area contributed by atoms with Gasteiger partial charge in [-0.1, -0.05) is 0 Å². The standard InChI is InChI=1S/C14H13ClN2O6/c1-22-13(18)11-10-7(5-6-15)9(17(20)21)4-3-8(10)16-12(11)14(19)23-2/h3-4,16H,5-6H2,1-2H3. The number of hydrogen-bond donors (Lipinski definition) is 1. The summed E-state index contributed by atoms with van der Waals surface area (Å²) in [6.07, 6.45) is 0.150. The van der Waals surface area contributed by atoms with E-state index in [4.69, 9.17) is 16.3 Å². The zero-order valence-electron chi connectivity index (χ0n) is 12.3. The first kappa shape index (κ1) is 16.8. The lowest BCUT2D eigenvalue weighted by atomic mass is 10.0. The average Bonchev–Trinajstić information content (AvgIpc) is 2.93. The summed E-state index contributed by atoms with van der Waals surface area (Å²) in [5.74, 6) is -1.46. The lowest BCUT2D eigenvalue weighted by Crippen LogP contribution is -2.11. The molecule has 2 rings (SSSR count). The Morgan fingerprint density at radius 2 is 1.91 bits per heavy atom. The Labute approximate surface area is 135 Å². The Kier molecular flexibility index (Phi) is 4.85. The molecule has 1 heterocycles. The van der Waals surface area contributed by atoms with Gasteiger partial charge < -0.3 is 14.5 Å². The number of carbonyl (C=O) groups is 2. The Hall–Kier alpha value is -2.61. The third-order valence-electron chi connectivity index (χ3n) is 3.37. The normalized spacial score (nSPS) is 10.6. The highest BCUT2D eigenvalue weighted by atomic mass is 35.5. The van der Waals surface area contributed by atoms with Crippen LogP contribution in [0, 0.1) is 10.1 Å². The molecule has 0 aliphatic rings. The summed E-state index contributed by atoms with van der Waals surface area (Å²) in [7, 11) is 2.32. The number of nitrogens with one attached hydrogen (secondary N) is 1. The second-order valence-corrected chi connectivity index (χ2v) is 4.92. The summed E-state index contributed by atoms with van der Waals surface area (Å²) in [4.78, 5) is 37.4. The zero-order valence-corrected chi connectivity index (χ0v) is 13.1. The maximum absolute atomic E-state index is 12.1. The predicted molar refractivity (Wildman–Crippen MR) is 82.1 cm³/mol. The molecule has 23 heavy (non-hydrogen) atoms. The average molecular weight is 341 g/mol. The molecule has 1 aromatic heterocycles. The molecule has 0 amide bonds. The molecule has 0 fully saturated rings. The minimum Gasteiger partial charge on any atom is -0.465 e. The van der Waals surface area contributed by atoms with Gasteiger partial charge in [0.2, 0.25) is 0 Å². The van der Waals surface area contributed by atoms with Crippen molar-refractivity contribution in [3.8, 4) is 0 Å². The van der Waals surface area contributed by atoms with Crippen LogP contribution in [-0.4, -0.2) is 41.9 Å². The van der Waals surface area contributed by atoms with Crippen molar-refractivity contribution >= 4 is 40.1 Å². The van der Waals surface area contributed by atoms with Crippen LogP contribution < -0.4 is 0 Å². The molecule has 1 aromatic carbocycles. The molecule has 0 saturated heterocycles. The van der Waals surface area contributed by atoms with Crippen LogP contribution in [0.15, 0.2) is 12.1 Å². The predicted octanol–water partition coefficient (Wildman–Crippen LogP) is 2.43. The minimum atomic E-state index is -0.798. The van der Waals surface area contributed by atoms with Crippen LogP contribution >= 0.6 is 11.6 Å². The van der Waals surface area contributed by atoms with E-state index in [1.807, 2.05) is 0 Å². The molecule has 0 aliphatic heterocycles. The second kappa shape index (κ2) is 6.66. The Bertz CT molecular complexity index is 798. The largest absolute Gasteiger partial charge is 0.465 e. The summed E-state index contributed by atoms with van der Waals surface area (Å²) in [5, 5.41) is 11.5. The SMILES string of the molecule is COC(=O)c1[nH]c2ccc([N+](=O)[O-])c(CCCl)c2c1C(=O)OC. The molecule has 0 bridgehead atoms. The second-order valence-electron chi connectivity index (χ2n) is 4.54. The van der Waals surface area contributed by atoms with Gasteiger partial charge in [-0.05, 0) is 12.5 Å². The number of benzene rings is 1. The van der Waals surface area contributed by atoms with Gasteiger partial charge in [0.15, 0.2) is 0 Å². The van der Waals surface area contributed by atoms with Gasteiger partial charge in [-0.15, -0.1) is 11.6 Å². The fourth-order valence-corrected chi connectivity index (χ4v) is 2.62. The Morgan fingerprint density at radius 3 is 2.43 bits per heavy atom. The molecule has 0 spiro atoms. The lowest BCUT2D eigenvalue weighted by Gasteiger charge is -2.06. The summed E-state index contributed by atoms with van der Waals surface area (Å²) >= 11 is 5.73. The molecule has 0 unspecified atom stereocenters. The minimum absolute atomic E-state index is 0.0989. The number of aromatic amines is 1. The van der Waals surface area contributed by atoms with E-state index in [0.717, 1.165) is 14.2 Å². The Morgan fingerprint density at radius 1 is 1.26 bits per heavy atom. The molecular formula is C14H13ClN2O6. The van der Waals surface area contributed by atoms with Crippen LogP contribution in [0.1, 0.15) is 26.4 Å². The number of methoxy groups -OCH3 is 2.